The van der Waals surface area contributed by atoms with Gasteiger partial charge in [0.05, 0.1) is 12.7 Å². The van der Waals surface area contributed by atoms with E-state index in [0.29, 0.717) is 17.9 Å². The number of carbonyl (C=O) groups is 3. The molecule has 0 saturated carbocycles. The smallest absolute Gasteiger partial charge is 0.342 e. The van der Waals surface area contributed by atoms with Gasteiger partial charge in [0.2, 0.25) is 0 Å². The summed E-state index contributed by atoms with van der Waals surface area (Å²) in [6.45, 7) is 2.11. The molecular weight excluding hydrogens is 422 g/mol. The first-order chi connectivity index (χ1) is 16.0. The van der Waals surface area contributed by atoms with E-state index < -0.39 is 24.5 Å². The molecule has 1 amide bonds. The molecule has 0 aliphatic carbocycles. The molecule has 0 radical (unpaired) electrons. The average molecular weight is 447 g/mol. The summed E-state index contributed by atoms with van der Waals surface area (Å²) in [5.41, 5.74) is 3.56. The Labute approximate surface area is 192 Å². The van der Waals surface area contributed by atoms with Gasteiger partial charge < -0.3 is 19.5 Å². The van der Waals surface area contributed by atoms with Crippen LogP contribution in [-0.2, 0) is 27.4 Å². The highest BCUT2D eigenvalue weighted by Crippen LogP contribution is 2.20. The number of carbonyl (C=O) groups excluding carboxylic acids is 3. The summed E-state index contributed by atoms with van der Waals surface area (Å²) in [5, 5.41) is 2.67. The summed E-state index contributed by atoms with van der Waals surface area (Å²) in [6.07, 6.45) is 0. The van der Waals surface area contributed by atoms with Gasteiger partial charge in [-0.2, -0.15) is 0 Å². The van der Waals surface area contributed by atoms with Crippen molar-refractivity contribution in [2.45, 2.75) is 20.1 Å². The molecule has 3 aromatic carbocycles. The van der Waals surface area contributed by atoms with Crippen LogP contribution in [0.25, 0.3) is 0 Å². The molecule has 0 bridgehead atoms. The lowest BCUT2D eigenvalue weighted by Crippen LogP contribution is -2.28. The van der Waals surface area contributed by atoms with Gasteiger partial charge in [0.25, 0.3) is 5.91 Å². The van der Waals surface area contributed by atoms with Crippen LogP contribution in [0.1, 0.15) is 37.4 Å². The van der Waals surface area contributed by atoms with Gasteiger partial charge in [0.1, 0.15) is 17.9 Å². The SMILES string of the molecule is COC(=O)c1ccc(CNC(=O)COC(=O)c2ccccc2OCc2cccc(C)c2)cc1. The lowest BCUT2D eigenvalue weighted by atomic mass is 10.1. The molecule has 0 atom stereocenters. The Morgan fingerprint density at radius 3 is 2.33 bits per heavy atom. The Bertz CT molecular complexity index is 1120. The van der Waals surface area contributed by atoms with Crippen LogP contribution >= 0.6 is 0 Å². The number of amides is 1. The van der Waals surface area contributed by atoms with Gasteiger partial charge in [-0.3, -0.25) is 4.79 Å². The van der Waals surface area contributed by atoms with Gasteiger partial charge in [-0.1, -0.05) is 54.1 Å². The number of esters is 2. The molecule has 3 rings (SSSR count). The maximum absolute atomic E-state index is 12.5. The molecule has 7 heteroatoms. The van der Waals surface area contributed by atoms with Crippen molar-refractivity contribution in [2.75, 3.05) is 13.7 Å². The van der Waals surface area contributed by atoms with E-state index in [9.17, 15) is 14.4 Å². The maximum atomic E-state index is 12.5. The predicted octanol–water partition coefficient (Wildman–Crippen LogP) is 3.83. The van der Waals surface area contributed by atoms with E-state index in [0.717, 1.165) is 16.7 Å². The Balaban J connectivity index is 1.50. The first-order valence-corrected chi connectivity index (χ1v) is 10.3. The number of hydrogen-bond acceptors (Lipinski definition) is 6. The van der Waals surface area contributed by atoms with E-state index in [-0.39, 0.29) is 12.1 Å². The molecular formula is C26H25NO6. The van der Waals surface area contributed by atoms with Crippen molar-refractivity contribution in [1.29, 1.82) is 0 Å². The summed E-state index contributed by atoms with van der Waals surface area (Å²) in [6, 6.07) is 21.3. The summed E-state index contributed by atoms with van der Waals surface area (Å²) in [7, 11) is 1.31. The third-order valence-electron chi connectivity index (χ3n) is 4.78. The van der Waals surface area contributed by atoms with Gasteiger partial charge in [0, 0.05) is 6.54 Å². The normalized spacial score (nSPS) is 10.2. The minimum absolute atomic E-state index is 0.230. The van der Waals surface area contributed by atoms with Crippen LogP contribution in [0.3, 0.4) is 0 Å². The van der Waals surface area contributed by atoms with Crippen molar-refractivity contribution in [3.05, 3.63) is 101 Å². The van der Waals surface area contributed by atoms with Gasteiger partial charge >= 0.3 is 11.9 Å². The zero-order valence-electron chi connectivity index (χ0n) is 18.5. The number of methoxy groups -OCH3 is 1. The monoisotopic (exact) mass is 447 g/mol. The molecule has 3 aromatic rings. The average Bonchev–Trinajstić information content (AvgIpc) is 2.84. The molecule has 1 N–H and O–H groups in total. The van der Waals surface area contributed by atoms with Crippen molar-refractivity contribution < 1.29 is 28.6 Å². The summed E-state index contributed by atoms with van der Waals surface area (Å²) in [5.74, 6) is -1.14. The largest absolute Gasteiger partial charge is 0.488 e. The van der Waals surface area contributed by atoms with Crippen molar-refractivity contribution in [3.8, 4) is 5.75 Å². The molecule has 170 valence electrons. The van der Waals surface area contributed by atoms with Crippen LogP contribution in [0.2, 0.25) is 0 Å². The number of hydrogen-bond donors (Lipinski definition) is 1. The standard InChI is InChI=1S/C26H25NO6/c1-18-6-5-7-20(14-18)16-32-23-9-4-3-8-22(23)26(30)33-17-24(28)27-15-19-10-12-21(13-11-19)25(29)31-2/h3-14H,15-17H2,1-2H3,(H,27,28). The van der Waals surface area contributed by atoms with E-state index in [4.69, 9.17) is 9.47 Å². The summed E-state index contributed by atoms with van der Waals surface area (Å²) < 4.78 is 15.6. The molecule has 0 aliphatic rings. The number of benzene rings is 3. The Morgan fingerprint density at radius 2 is 1.61 bits per heavy atom. The number of nitrogens with one attached hydrogen (secondary N) is 1. The third kappa shape index (κ3) is 6.93. The highest BCUT2D eigenvalue weighted by Gasteiger charge is 2.15. The fourth-order valence-electron chi connectivity index (χ4n) is 3.06. The number of ether oxygens (including phenoxy) is 3. The second kappa shape index (κ2) is 11.5. The van der Waals surface area contributed by atoms with Gasteiger partial charge in [-0.25, -0.2) is 9.59 Å². The minimum atomic E-state index is -0.646. The third-order valence-corrected chi connectivity index (χ3v) is 4.78. The Morgan fingerprint density at radius 1 is 0.848 bits per heavy atom. The van der Waals surface area contributed by atoms with Crippen LogP contribution in [0, 0.1) is 6.92 Å². The fourth-order valence-corrected chi connectivity index (χ4v) is 3.06. The van der Waals surface area contributed by atoms with Crippen molar-refractivity contribution in [3.63, 3.8) is 0 Å². The van der Waals surface area contributed by atoms with Crippen molar-refractivity contribution in [1.82, 2.24) is 5.32 Å². The first-order valence-electron chi connectivity index (χ1n) is 10.3. The van der Waals surface area contributed by atoms with E-state index in [1.807, 2.05) is 31.2 Å². The minimum Gasteiger partial charge on any atom is -0.488 e. The van der Waals surface area contributed by atoms with E-state index in [1.165, 1.54) is 7.11 Å². The van der Waals surface area contributed by atoms with E-state index >= 15 is 0 Å². The zero-order chi connectivity index (χ0) is 23.6. The molecule has 0 heterocycles. The summed E-state index contributed by atoms with van der Waals surface area (Å²) >= 11 is 0. The lowest BCUT2D eigenvalue weighted by Gasteiger charge is -2.12. The molecule has 0 fully saturated rings. The molecule has 0 aliphatic heterocycles. The first kappa shape index (κ1) is 23.5. The van der Waals surface area contributed by atoms with Crippen LogP contribution in [0.4, 0.5) is 0 Å². The fraction of sp³-hybridized carbons (Fsp3) is 0.192. The van der Waals surface area contributed by atoms with Crippen LogP contribution in [0.15, 0.2) is 72.8 Å². The quantitative estimate of drug-likeness (QED) is 0.502. The number of para-hydroxylation sites is 1. The molecule has 0 aromatic heterocycles. The van der Waals surface area contributed by atoms with Crippen LogP contribution in [-0.4, -0.2) is 31.6 Å². The van der Waals surface area contributed by atoms with Crippen LogP contribution in [0.5, 0.6) is 5.75 Å². The molecule has 0 spiro atoms. The van der Waals surface area contributed by atoms with Crippen molar-refractivity contribution in [2.24, 2.45) is 0 Å². The molecule has 0 unspecified atom stereocenters. The van der Waals surface area contributed by atoms with Crippen LogP contribution < -0.4 is 10.1 Å². The zero-order valence-corrected chi connectivity index (χ0v) is 18.5. The number of aryl methyl sites for hydroxylation is 1. The van der Waals surface area contributed by atoms with Gasteiger partial charge in [-0.15, -0.1) is 0 Å². The number of rotatable bonds is 9. The second-order valence-electron chi connectivity index (χ2n) is 7.32. The van der Waals surface area contributed by atoms with E-state index in [2.05, 4.69) is 10.1 Å². The molecule has 7 nitrogen and oxygen atoms in total. The highest BCUT2D eigenvalue weighted by atomic mass is 16.5. The predicted molar refractivity (Wildman–Crippen MR) is 122 cm³/mol. The topological polar surface area (TPSA) is 90.9 Å². The van der Waals surface area contributed by atoms with Crippen molar-refractivity contribution >= 4 is 17.8 Å². The second-order valence-corrected chi connectivity index (χ2v) is 7.32. The van der Waals surface area contributed by atoms with E-state index in [1.54, 1.807) is 48.5 Å². The Kier molecular flexibility index (Phi) is 8.18. The van der Waals surface area contributed by atoms with Gasteiger partial charge in [0.15, 0.2) is 6.61 Å². The molecule has 33 heavy (non-hydrogen) atoms. The molecule has 0 saturated heterocycles. The highest BCUT2D eigenvalue weighted by molar-refractivity contribution is 5.94. The lowest BCUT2D eigenvalue weighted by molar-refractivity contribution is -0.124. The summed E-state index contributed by atoms with van der Waals surface area (Å²) in [4.78, 5) is 36.1. The maximum Gasteiger partial charge on any atom is 0.342 e. The van der Waals surface area contributed by atoms with Gasteiger partial charge in [-0.05, 0) is 42.3 Å². The Hall–Kier alpha value is -4.13.